The molecule has 0 bridgehead atoms. The molecule has 0 aliphatic rings. The van der Waals surface area contributed by atoms with E-state index < -0.39 is 0 Å². The lowest BCUT2D eigenvalue weighted by Gasteiger charge is -2.26. The molecular weight excluding hydrogens is 302 g/mol. The van der Waals surface area contributed by atoms with E-state index in [9.17, 15) is 5.11 Å². The highest BCUT2D eigenvalue weighted by atomic mass is 16.5. The van der Waals surface area contributed by atoms with Crippen LogP contribution in [0.15, 0.2) is 30.9 Å². The number of nitrogens with zero attached hydrogens (tertiary/aromatic N) is 1. The maximum absolute atomic E-state index is 10.2. The van der Waals surface area contributed by atoms with Crippen molar-refractivity contribution >= 4 is 0 Å². The van der Waals surface area contributed by atoms with Crippen LogP contribution in [0, 0.1) is 5.92 Å². The second-order valence-electron chi connectivity index (χ2n) is 6.63. The molecule has 1 rings (SSSR count). The summed E-state index contributed by atoms with van der Waals surface area (Å²) in [7, 11) is 3.29. The maximum Gasteiger partial charge on any atom is 0.161 e. The smallest absolute Gasteiger partial charge is 0.161 e. The number of aliphatic hydroxyl groups excluding tert-OH is 1. The van der Waals surface area contributed by atoms with Gasteiger partial charge in [0.05, 0.1) is 20.3 Å². The van der Waals surface area contributed by atoms with Crippen molar-refractivity contribution in [1.29, 1.82) is 0 Å². The van der Waals surface area contributed by atoms with Crippen LogP contribution in [-0.4, -0.2) is 43.4 Å². The summed E-state index contributed by atoms with van der Waals surface area (Å²) in [6.07, 6.45) is 4.25. The highest BCUT2D eigenvalue weighted by Crippen LogP contribution is 2.28. The predicted molar refractivity (Wildman–Crippen MR) is 99.7 cm³/mol. The summed E-state index contributed by atoms with van der Waals surface area (Å²) in [6, 6.07) is 6.00. The van der Waals surface area contributed by atoms with Gasteiger partial charge in [0.2, 0.25) is 0 Å². The standard InChI is InChI=1S/C20H33NO3/c1-6-7-8-18(22)15-21(12-11-16(2)3)14-17-9-10-19(23-4)20(13-17)24-5/h6,9-10,13,16,18,22H,1,7-8,11-12,14-15H2,2-5H3. The van der Waals surface area contributed by atoms with E-state index in [-0.39, 0.29) is 6.10 Å². The van der Waals surface area contributed by atoms with E-state index in [4.69, 9.17) is 9.47 Å². The van der Waals surface area contributed by atoms with Crippen LogP contribution in [0.1, 0.15) is 38.7 Å². The van der Waals surface area contributed by atoms with Gasteiger partial charge in [-0.1, -0.05) is 26.0 Å². The van der Waals surface area contributed by atoms with Gasteiger partial charge in [0.1, 0.15) is 0 Å². The van der Waals surface area contributed by atoms with E-state index >= 15 is 0 Å². The van der Waals surface area contributed by atoms with Gasteiger partial charge < -0.3 is 14.6 Å². The molecule has 1 aromatic carbocycles. The average molecular weight is 335 g/mol. The number of ether oxygens (including phenoxy) is 2. The van der Waals surface area contributed by atoms with E-state index in [1.807, 2.05) is 18.2 Å². The van der Waals surface area contributed by atoms with Crippen LogP contribution in [-0.2, 0) is 6.54 Å². The number of rotatable bonds is 12. The second kappa shape index (κ2) is 11.1. The molecule has 0 spiro atoms. The van der Waals surface area contributed by atoms with Gasteiger partial charge in [-0.2, -0.15) is 0 Å². The molecule has 0 radical (unpaired) electrons. The summed E-state index contributed by atoms with van der Waals surface area (Å²) in [6.45, 7) is 10.6. The van der Waals surface area contributed by atoms with Crippen LogP contribution < -0.4 is 9.47 Å². The average Bonchev–Trinajstić information content (AvgIpc) is 2.57. The molecule has 1 atom stereocenters. The number of hydrogen-bond donors (Lipinski definition) is 1. The first kappa shape index (κ1) is 20.5. The van der Waals surface area contributed by atoms with Crippen LogP contribution in [0.25, 0.3) is 0 Å². The Morgan fingerprint density at radius 1 is 1.17 bits per heavy atom. The van der Waals surface area contributed by atoms with Crippen molar-refractivity contribution in [2.24, 2.45) is 5.92 Å². The Morgan fingerprint density at radius 3 is 2.46 bits per heavy atom. The highest BCUT2D eigenvalue weighted by Gasteiger charge is 2.14. The van der Waals surface area contributed by atoms with Crippen LogP contribution in [0.3, 0.4) is 0 Å². The van der Waals surface area contributed by atoms with Crippen molar-refractivity contribution in [1.82, 2.24) is 4.90 Å². The minimum absolute atomic E-state index is 0.324. The predicted octanol–water partition coefficient (Wildman–Crippen LogP) is 3.88. The van der Waals surface area contributed by atoms with Crippen molar-refractivity contribution in [2.45, 2.75) is 45.8 Å². The summed E-state index contributed by atoms with van der Waals surface area (Å²) in [5.74, 6) is 2.12. The van der Waals surface area contributed by atoms with Crippen molar-refractivity contribution in [3.63, 3.8) is 0 Å². The Balaban J connectivity index is 2.77. The van der Waals surface area contributed by atoms with Crippen molar-refractivity contribution in [2.75, 3.05) is 27.3 Å². The second-order valence-corrected chi connectivity index (χ2v) is 6.63. The Kier molecular flexibility index (Phi) is 9.50. The summed E-state index contributed by atoms with van der Waals surface area (Å²) in [5.41, 5.74) is 1.16. The van der Waals surface area contributed by atoms with E-state index in [0.717, 1.165) is 49.4 Å². The summed E-state index contributed by atoms with van der Waals surface area (Å²) in [4.78, 5) is 2.31. The first-order valence-electron chi connectivity index (χ1n) is 8.72. The molecule has 0 saturated carbocycles. The minimum Gasteiger partial charge on any atom is -0.493 e. The lowest BCUT2D eigenvalue weighted by atomic mass is 10.1. The summed E-state index contributed by atoms with van der Waals surface area (Å²) in [5, 5.41) is 10.2. The van der Waals surface area contributed by atoms with Crippen LogP contribution in [0.4, 0.5) is 0 Å². The number of benzene rings is 1. The normalized spacial score (nSPS) is 12.5. The topological polar surface area (TPSA) is 41.9 Å². The molecule has 4 heteroatoms. The van der Waals surface area contributed by atoms with Crippen molar-refractivity contribution < 1.29 is 14.6 Å². The van der Waals surface area contributed by atoms with Crippen LogP contribution in [0.5, 0.6) is 11.5 Å². The summed E-state index contributed by atoms with van der Waals surface area (Å²) < 4.78 is 10.7. The van der Waals surface area contributed by atoms with Gasteiger partial charge >= 0.3 is 0 Å². The zero-order valence-corrected chi connectivity index (χ0v) is 15.6. The highest BCUT2D eigenvalue weighted by molar-refractivity contribution is 5.42. The molecule has 1 unspecified atom stereocenters. The lowest BCUT2D eigenvalue weighted by Crippen LogP contribution is -2.33. The molecular formula is C20H33NO3. The van der Waals surface area contributed by atoms with Gasteiger partial charge in [0.15, 0.2) is 11.5 Å². The fourth-order valence-corrected chi connectivity index (χ4v) is 2.61. The van der Waals surface area contributed by atoms with Crippen LogP contribution in [0.2, 0.25) is 0 Å². The summed E-state index contributed by atoms with van der Waals surface area (Å²) >= 11 is 0. The van der Waals surface area contributed by atoms with Gasteiger partial charge in [0, 0.05) is 13.1 Å². The van der Waals surface area contributed by atoms with Gasteiger partial charge in [-0.15, -0.1) is 6.58 Å². The molecule has 24 heavy (non-hydrogen) atoms. The quantitative estimate of drug-likeness (QED) is 0.589. The number of hydrogen-bond acceptors (Lipinski definition) is 4. The maximum atomic E-state index is 10.2. The number of methoxy groups -OCH3 is 2. The Labute approximate surface area is 147 Å². The number of allylic oxidation sites excluding steroid dienone is 1. The third kappa shape index (κ3) is 7.37. The number of aliphatic hydroxyl groups is 1. The van der Waals surface area contributed by atoms with Gasteiger partial charge in [0.25, 0.3) is 0 Å². The fraction of sp³-hybridized carbons (Fsp3) is 0.600. The van der Waals surface area contributed by atoms with E-state index in [0.29, 0.717) is 12.5 Å². The first-order valence-corrected chi connectivity index (χ1v) is 8.72. The molecule has 0 amide bonds. The Hall–Kier alpha value is -1.52. The molecule has 136 valence electrons. The monoisotopic (exact) mass is 335 g/mol. The van der Waals surface area contributed by atoms with Gasteiger partial charge in [-0.3, -0.25) is 4.90 Å². The fourth-order valence-electron chi connectivity index (χ4n) is 2.61. The molecule has 1 N–H and O–H groups in total. The largest absolute Gasteiger partial charge is 0.493 e. The molecule has 0 fully saturated rings. The first-order chi connectivity index (χ1) is 11.5. The minimum atomic E-state index is -0.324. The molecule has 1 aromatic rings. The van der Waals surface area contributed by atoms with Gasteiger partial charge in [-0.25, -0.2) is 0 Å². The molecule has 0 aromatic heterocycles. The van der Waals surface area contributed by atoms with Crippen molar-refractivity contribution in [3.8, 4) is 11.5 Å². The SMILES string of the molecule is C=CCCC(O)CN(CCC(C)C)Cc1ccc(OC)c(OC)c1. The van der Waals surface area contributed by atoms with Crippen molar-refractivity contribution in [3.05, 3.63) is 36.4 Å². The Morgan fingerprint density at radius 2 is 1.88 bits per heavy atom. The lowest BCUT2D eigenvalue weighted by molar-refractivity contribution is 0.0994. The molecule has 0 aliphatic heterocycles. The molecule has 4 nitrogen and oxygen atoms in total. The van der Waals surface area contributed by atoms with Gasteiger partial charge in [-0.05, 0) is 49.4 Å². The van der Waals surface area contributed by atoms with E-state index in [1.165, 1.54) is 0 Å². The zero-order valence-electron chi connectivity index (χ0n) is 15.6. The zero-order chi connectivity index (χ0) is 17.9. The third-order valence-corrected chi connectivity index (χ3v) is 4.05. The molecule has 0 aliphatic carbocycles. The third-order valence-electron chi connectivity index (χ3n) is 4.05. The van der Waals surface area contributed by atoms with E-state index in [2.05, 4.69) is 31.4 Å². The van der Waals surface area contributed by atoms with E-state index in [1.54, 1.807) is 14.2 Å². The molecule has 0 saturated heterocycles. The molecule has 0 heterocycles. The Bertz CT molecular complexity index is 488. The van der Waals surface area contributed by atoms with Crippen LogP contribution >= 0.6 is 0 Å².